The fourth-order valence-electron chi connectivity index (χ4n) is 2.69. The fraction of sp³-hybridized carbons (Fsp3) is 0.318. The van der Waals surface area contributed by atoms with Crippen LogP contribution < -0.4 is 0 Å². The Kier molecular flexibility index (Phi) is 6.36. The number of hydrogen-bond acceptors (Lipinski definition) is 1. The molecule has 24 heavy (non-hydrogen) atoms. The molecule has 2 nitrogen and oxygen atoms in total. The van der Waals surface area contributed by atoms with Gasteiger partial charge in [0.1, 0.15) is 5.82 Å². The first kappa shape index (κ1) is 18.0. The SMILES string of the molecule is CC(C)c1ccc(-c2ccccc2)cc1-c1nccn1C.CCC. The quantitative estimate of drug-likeness (QED) is 0.554. The van der Waals surface area contributed by atoms with Gasteiger partial charge in [-0.2, -0.15) is 0 Å². The van der Waals surface area contributed by atoms with Gasteiger partial charge in [0.25, 0.3) is 0 Å². The Hall–Kier alpha value is -2.35. The summed E-state index contributed by atoms with van der Waals surface area (Å²) in [5, 5.41) is 0. The molecule has 0 bridgehead atoms. The first-order valence-corrected chi connectivity index (χ1v) is 8.75. The molecule has 0 atom stereocenters. The zero-order chi connectivity index (χ0) is 17.5. The fourth-order valence-corrected chi connectivity index (χ4v) is 2.69. The van der Waals surface area contributed by atoms with Crippen molar-refractivity contribution in [3.8, 4) is 22.5 Å². The van der Waals surface area contributed by atoms with E-state index in [1.165, 1.54) is 28.7 Å². The molecular weight excluding hydrogens is 292 g/mol. The van der Waals surface area contributed by atoms with Crippen LogP contribution >= 0.6 is 0 Å². The predicted octanol–water partition coefficient (Wildman–Crippen LogP) is 6.29. The Balaban J connectivity index is 0.000000647. The van der Waals surface area contributed by atoms with Gasteiger partial charge in [-0.15, -0.1) is 0 Å². The molecule has 2 aromatic carbocycles. The van der Waals surface area contributed by atoms with Crippen molar-refractivity contribution in [1.82, 2.24) is 9.55 Å². The Morgan fingerprint density at radius 3 is 2.17 bits per heavy atom. The molecule has 0 N–H and O–H groups in total. The maximum atomic E-state index is 4.53. The third-order valence-electron chi connectivity index (χ3n) is 3.84. The topological polar surface area (TPSA) is 17.8 Å². The molecule has 3 rings (SSSR count). The van der Waals surface area contributed by atoms with E-state index in [0.717, 1.165) is 5.82 Å². The van der Waals surface area contributed by atoms with Gasteiger partial charge in [0, 0.05) is 25.0 Å². The number of aryl methyl sites for hydroxylation is 1. The van der Waals surface area contributed by atoms with Crippen LogP contribution in [0.15, 0.2) is 60.9 Å². The second-order valence-electron chi connectivity index (χ2n) is 6.39. The smallest absolute Gasteiger partial charge is 0.139 e. The van der Waals surface area contributed by atoms with Crippen molar-refractivity contribution in [3.63, 3.8) is 0 Å². The molecule has 0 aliphatic heterocycles. The number of nitrogens with zero attached hydrogens (tertiary/aromatic N) is 2. The van der Waals surface area contributed by atoms with Crippen molar-refractivity contribution in [2.24, 2.45) is 7.05 Å². The highest BCUT2D eigenvalue weighted by atomic mass is 15.0. The van der Waals surface area contributed by atoms with Crippen LogP contribution in [0.1, 0.15) is 45.6 Å². The molecule has 1 aromatic heterocycles. The molecule has 0 saturated heterocycles. The predicted molar refractivity (Wildman–Crippen MR) is 104 cm³/mol. The summed E-state index contributed by atoms with van der Waals surface area (Å²) in [4.78, 5) is 4.53. The lowest BCUT2D eigenvalue weighted by Gasteiger charge is -2.15. The highest BCUT2D eigenvalue weighted by Gasteiger charge is 2.13. The first-order chi connectivity index (χ1) is 11.6. The lowest BCUT2D eigenvalue weighted by Crippen LogP contribution is -1.98. The highest BCUT2D eigenvalue weighted by Crippen LogP contribution is 2.32. The molecule has 0 saturated carbocycles. The van der Waals surface area contributed by atoms with E-state index in [-0.39, 0.29) is 0 Å². The van der Waals surface area contributed by atoms with Crippen molar-refractivity contribution in [2.75, 3.05) is 0 Å². The number of imidazole rings is 1. The molecule has 0 amide bonds. The summed E-state index contributed by atoms with van der Waals surface area (Å²) in [6, 6.07) is 17.2. The van der Waals surface area contributed by atoms with E-state index in [9.17, 15) is 0 Å². The van der Waals surface area contributed by atoms with Gasteiger partial charge >= 0.3 is 0 Å². The van der Waals surface area contributed by atoms with Crippen molar-refractivity contribution >= 4 is 0 Å². The molecule has 0 radical (unpaired) electrons. The Labute approximate surface area is 146 Å². The minimum absolute atomic E-state index is 0.474. The van der Waals surface area contributed by atoms with E-state index in [1.807, 2.05) is 25.5 Å². The van der Waals surface area contributed by atoms with E-state index >= 15 is 0 Å². The van der Waals surface area contributed by atoms with Gasteiger partial charge in [-0.25, -0.2) is 4.98 Å². The van der Waals surface area contributed by atoms with Crippen LogP contribution in [-0.4, -0.2) is 9.55 Å². The monoisotopic (exact) mass is 320 g/mol. The Morgan fingerprint density at radius 2 is 1.62 bits per heavy atom. The molecular formula is C22H28N2. The summed E-state index contributed by atoms with van der Waals surface area (Å²) in [5.41, 5.74) is 5.03. The summed E-state index contributed by atoms with van der Waals surface area (Å²) in [6.07, 6.45) is 5.10. The molecule has 0 unspecified atom stereocenters. The second-order valence-corrected chi connectivity index (χ2v) is 6.39. The minimum atomic E-state index is 0.474. The highest BCUT2D eigenvalue weighted by molar-refractivity contribution is 5.73. The molecule has 126 valence electrons. The van der Waals surface area contributed by atoms with Crippen LogP contribution in [0.4, 0.5) is 0 Å². The van der Waals surface area contributed by atoms with E-state index in [2.05, 4.69) is 79.7 Å². The van der Waals surface area contributed by atoms with Crippen molar-refractivity contribution in [1.29, 1.82) is 0 Å². The lowest BCUT2D eigenvalue weighted by atomic mass is 9.93. The van der Waals surface area contributed by atoms with Crippen LogP contribution in [-0.2, 0) is 7.05 Å². The van der Waals surface area contributed by atoms with E-state index in [0.29, 0.717) is 5.92 Å². The van der Waals surface area contributed by atoms with Crippen LogP contribution in [0.25, 0.3) is 22.5 Å². The van der Waals surface area contributed by atoms with E-state index in [4.69, 9.17) is 0 Å². The summed E-state index contributed by atoms with van der Waals surface area (Å²) < 4.78 is 2.08. The van der Waals surface area contributed by atoms with E-state index < -0.39 is 0 Å². The second kappa shape index (κ2) is 8.49. The van der Waals surface area contributed by atoms with Gasteiger partial charge in [0.2, 0.25) is 0 Å². The van der Waals surface area contributed by atoms with Gasteiger partial charge in [0.15, 0.2) is 0 Å². The summed E-state index contributed by atoms with van der Waals surface area (Å²) in [5.74, 6) is 1.50. The Bertz CT molecular complexity index is 755. The largest absolute Gasteiger partial charge is 0.334 e. The van der Waals surface area contributed by atoms with Crippen molar-refractivity contribution in [3.05, 3.63) is 66.5 Å². The molecule has 2 heteroatoms. The normalized spacial score (nSPS) is 10.4. The van der Waals surface area contributed by atoms with Gasteiger partial charge in [-0.1, -0.05) is 76.6 Å². The van der Waals surface area contributed by atoms with Gasteiger partial charge in [-0.05, 0) is 28.7 Å². The van der Waals surface area contributed by atoms with Crippen LogP contribution in [0.5, 0.6) is 0 Å². The molecule has 0 aliphatic carbocycles. The molecule has 0 fully saturated rings. The molecule has 0 aliphatic rings. The average molecular weight is 320 g/mol. The first-order valence-electron chi connectivity index (χ1n) is 8.75. The molecule has 1 heterocycles. The maximum Gasteiger partial charge on any atom is 0.139 e. The number of rotatable bonds is 3. The third kappa shape index (κ3) is 4.14. The van der Waals surface area contributed by atoms with E-state index in [1.54, 1.807) is 0 Å². The van der Waals surface area contributed by atoms with Crippen LogP contribution in [0.3, 0.4) is 0 Å². The standard InChI is InChI=1S/C19H20N2.C3H8/c1-14(2)17-10-9-16(15-7-5-4-6-8-15)13-18(17)19-20-11-12-21(19)3;1-3-2/h4-14H,1-3H3;3H2,1-2H3. The van der Waals surface area contributed by atoms with Crippen molar-refractivity contribution < 1.29 is 0 Å². The summed E-state index contributed by atoms with van der Waals surface area (Å²) in [7, 11) is 2.04. The van der Waals surface area contributed by atoms with Crippen LogP contribution in [0.2, 0.25) is 0 Å². The lowest BCUT2D eigenvalue weighted by molar-refractivity contribution is 0.858. The third-order valence-corrected chi connectivity index (χ3v) is 3.84. The zero-order valence-electron chi connectivity index (χ0n) is 15.5. The average Bonchev–Trinajstić information content (AvgIpc) is 3.01. The zero-order valence-corrected chi connectivity index (χ0v) is 15.5. The number of aromatic nitrogens is 2. The van der Waals surface area contributed by atoms with Crippen LogP contribution in [0, 0.1) is 0 Å². The number of benzene rings is 2. The molecule has 0 spiro atoms. The summed E-state index contributed by atoms with van der Waals surface area (Å²) in [6.45, 7) is 8.70. The number of hydrogen-bond donors (Lipinski definition) is 0. The maximum absolute atomic E-state index is 4.53. The minimum Gasteiger partial charge on any atom is -0.334 e. The molecule has 3 aromatic rings. The van der Waals surface area contributed by atoms with Gasteiger partial charge in [0.05, 0.1) is 0 Å². The van der Waals surface area contributed by atoms with Gasteiger partial charge < -0.3 is 4.57 Å². The summed E-state index contributed by atoms with van der Waals surface area (Å²) >= 11 is 0. The van der Waals surface area contributed by atoms with Crippen molar-refractivity contribution in [2.45, 2.75) is 40.0 Å². The Morgan fingerprint density at radius 1 is 0.958 bits per heavy atom. The van der Waals surface area contributed by atoms with Gasteiger partial charge in [-0.3, -0.25) is 0 Å².